The van der Waals surface area contributed by atoms with Gasteiger partial charge in [-0.2, -0.15) is 4.98 Å². The highest BCUT2D eigenvalue weighted by molar-refractivity contribution is 6.28. The van der Waals surface area contributed by atoms with Crippen LogP contribution < -0.4 is 4.90 Å². The minimum Gasteiger partial charge on any atom is -0.393 e. The Labute approximate surface area is 115 Å². The molecule has 0 aliphatic heterocycles. The van der Waals surface area contributed by atoms with Gasteiger partial charge >= 0.3 is 5.69 Å². The average Bonchev–Trinajstić information content (AvgIpc) is 2.24. The Hall–Kier alpha value is -1.47. The molecule has 1 aromatic heterocycles. The Morgan fingerprint density at radius 3 is 2.68 bits per heavy atom. The first-order valence-corrected chi connectivity index (χ1v) is 6.34. The van der Waals surface area contributed by atoms with Gasteiger partial charge in [-0.3, -0.25) is 10.1 Å². The number of aliphatic hydroxyl groups excluding tert-OH is 1. The van der Waals surface area contributed by atoms with Gasteiger partial charge in [0, 0.05) is 13.6 Å². The van der Waals surface area contributed by atoms with Crippen molar-refractivity contribution in [3.05, 3.63) is 21.1 Å². The molecule has 0 radical (unpaired) electrons. The van der Waals surface area contributed by atoms with Crippen molar-refractivity contribution >= 4 is 23.1 Å². The van der Waals surface area contributed by atoms with Crippen molar-refractivity contribution in [1.82, 2.24) is 9.97 Å². The van der Waals surface area contributed by atoms with Crippen molar-refractivity contribution in [3.8, 4) is 0 Å². The lowest BCUT2D eigenvalue weighted by Crippen LogP contribution is -2.37. The van der Waals surface area contributed by atoms with Crippen molar-refractivity contribution in [2.45, 2.75) is 25.9 Å². The summed E-state index contributed by atoms with van der Waals surface area (Å²) >= 11 is 5.77. The molecule has 1 fully saturated rings. The summed E-state index contributed by atoms with van der Waals surface area (Å²) in [7, 11) is 1.73. The fourth-order valence-electron chi connectivity index (χ4n) is 2.32. The SMILES string of the molecule is Cc1nc(Cl)nc(N(C)CC2CC(O)C2)c1[N+](=O)[O-]. The number of rotatable bonds is 4. The molecule has 0 aromatic carbocycles. The second-order valence-electron chi connectivity index (χ2n) is 4.88. The molecule has 0 spiro atoms. The van der Waals surface area contributed by atoms with Crippen molar-refractivity contribution in [2.24, 2.45) is 5.92 Å². The van der Waals surface area contributed by atoms with Crippen molar-refractivity contribution in [3.63, 3.8) is 0 Å². The molecule has 2 rings (SSSR count). The van der Waals surface area contributed by atoms with Crippen molar-refractivity contribution in [1.29, 1.82) is 0 Å². The van der Waals surface area contributed by atoms with Gasteiger partial charge in [0.15, 0.2) is 0 Å². The van der Waals surface area contributed by atoms with Gasteiger partial charge in [-0.1, -0.05) is 0 Å². The molecule has 1 aromatic rings. The van der Waals surface area contributed by atoms with E-state index in [2.05, 4.69) is 9.97 Å². The van der Waals surface area contributed by atoms with Crippen molar-refractivity contribution < 1.29 is 10.0 Å². The third kappa shape index (κ3) is 2.93. The molecular formula is C11H15ClN4O3. The molecule has 0 saturated heterocycles. The Kier molecular flexibility index (Phi) is 3.86. The van der Waals surface area contributed by atoms with Crippen LogP contribution in [0.3, 0.4) is 0 Å². The average molecular weight is 287 g/mol. The van der Waals surface area contributed by atoms with Gasteiger partial charge in [0.25, 0.3) is 0 Å². The van der Waals surface area contributed by atoms with Gasteiger partial charge in [0.2, 0.25) is 11.1 Å². The molecular weight excluding hydrogens is 272 g/mol. The van der Waals surface area contributed by atoms with Crippen LogP contribution in [0.2, 0.25) is 5.28 Å². The molecule has 1 saturated carbocycles. The highest BCUT2D eigenvalue weighted by atomic mass is 35.5. The zero-order chi connectivity index (χ0) is 14.2. The Balaban J connectivity index is 2.24. The predicted octanol–water partition coefficient (Wildman–Crippen LogP) is 1.55. The van der Waals surface area contributed by atoms with Gasteiger partial charge in [-0.25, -0.2) is 4.98 Å². The molecule has 1 heterocycles. The second kappa shape index (κ2) is 5.26. The molecule has 0 amide bonds. The number of aliphatic hydroxyl groups is 1. The summed E-state index contributed by atoms with van der Waals surface area (Å²) in [6.07, 6.45) is 1.19. The van der Waals surface area contributed by atoms with E-state index in [0.29, 0.717) is 12.5 Å². The molecule has 1 N–H and O–H groups in total. The van der Waals surface area contributed by atoms with E-state index in [1.54, 1.807) is 11.9 Å². The molecule has 0 atom stereocenters. The zero-order valence-corrected chi connectivity index (χ0v) is 11.5. The van der Waals surface area contributed by atoms with E-state index in [4.69, 9.17) is 11.6 Å². The van der Waals surface area contributed by atoms with E-state index in [-0.39, 0.29) is 28.6 Å². The summed E-state index contributed by atoms with van der Waals surface area (Å²) in [5.74, 6) is 0.553. The van der Waals surface area contributed by atoms with Crippen LogP contribution in [-0.2, 0) is 0 Å². The van der Waals surface area contributed by atoms with Crippen LogP contribution in [-0.4, -0.2) is 39.7 Å². The molecule has 7 nitrogen and oxygen atoms in total. The number of aryl methyl sites for hydroxylation is 1. The smallest absolute Gasteiger partial charge is 0.332 e. The van der Waals surface area contributed by atoms with Crippen LogP contribution in [0.25, 0.3) is 0 Å². The maximum absolute atomic E-state index is 11.1. The number of aromatic nitrogens is 2. The van der Waals surface area contributed by atoms with E-state index in [9.17, 15) is 15.2 Å². The highest BCUT2D eigenvalue weighted by Crippen LogP contribution is 2.33. The molecule has 8 heteroatoms. The number of hydrogen-bond acceptors (Lipinski definition) is 6. The molecule has 1 aliphatic carbocycles. The summed E-state index contributed by atoms with van der Waals surface area (Å²) in [5.41, 5.74) is 0.132. The fraction of sp³-hybridized carbons (Fsp3) is 0.636. The fourth-order valence-corrected chi connectivity index (χ4v) is 2.53. The third-order valence-electron chi connectivity index (χ3n) is 3.30. The van der Waals surface area contributed by atoms with Gasteiger partial charge < -0.3 is 10.0 Å². The molecule has 0 bridgehead atoms. The highest BCUT2D eigenvalue weighted by Gasteiger charge is 2.31. The first-order chi connectivity index (χ1) is 8.88. The summed E-state index contributed by atoms with van der Waals surface area (Å²) in [6, 6.07) is 0. The summed E-state index contributed by atoms with van der Waals surface area (Å²) in [6.45, 7) is 2.14. The molecule has 0 unspecified atom stereocenters. The molecule has 19 heavy (non-hydrogen) atoms. The monoisotopic (exact) mass is 286 g/mol. The topological polar surface area (TPSA) is 92.4 Å². The predicted molar refractivity (Wildman–Crippen MR) is 70.4 cm³/mol. The Morgan fingerprint density at radius 2 is 2.16 bits per heavy atom. The number of hydrogen-bond donors (Lipinski definition) is 1. The minimum atomic E-state index is -0.493. The van der Waals surface area contributed by atoms with E-state index >= 15 is 0 Å². The first kappa shape index (κ1) is 14.0. The number of halogens is 1. The van der Waals surface area contributed by atoms with Crippen LogP contribution in [0.15, 0.2) is 0 Å². The Bertz CT molecular complexity index is 505. The quantitative estimate of drug-likeness (QED) is 0.513. The largest absolute Gasteiger partial charge is 0.393 e. The first-order valence-electron chi connectivity index (χ1n) is 5.96. The lowest BCUT2D eigenvalue weighted by atomic mass is 9.82. The van der Waals surface area contributed by atoms with Crippen LogP contribution in [0.1, 0.15) is 18.5 Å². The summed E-state index contributed by atoms with van der Waals surface area (Å²) in [5, 5.41) is 20.4. The molecule has 1 aliphatic rings. The zero-order valence-electron chi connectivity index (χ0n) is 10.7. The second-order valence-corrected chi connectivity index (χ2v) is 5.22. The maximum Gasteiger partial charge on any atom is 0.332 e. The van der Waals surface area contributed by atoms with Gasteiger partial charge in [0.05, 0.1) is 11.0 Å². The van der Waals surface area contributed by atoms with Crippen LogP contribution in [0.4, 0.5) is 11.5 Å². The van der Waals surface area contributed by atoms with Gasteiger partial charge in [-0.15, -0.1) is 0 Å². The maximum atomic E-state index is 11.1. The third-order valence-corrected chi connectivity index (χ3v) is 3.47. The summed E-state index contributed by atoms with van der Waals surface area (Å²) < 4.78 is 0. The summed E-state index contributed by atoms with van der Waals surface area (Å²) in [4.78, 5) is 20.1. The van der Waals surface area contributed by atoms with E-state index in [0.717, 1.165) is 12.8 Å². The Morgan fingerprint density at radius 1 is 1.53 bits per heavy atom. The normalized spacial score (nSPS) is 21.9. The van der Waals surface area contributed by atoms with Gasteiger partial charge in [0.1, 0.15) is 5.69 Å². The van der Waals surface area contributed by atoms with Crippen LogP contribution in [0.5, 0.6) is 0 Å². The number of nitro groups is 1. The van der Waals surface area contributed by atoms with E-state index in [1.807, 2.05) is 0 Å². The number of nitrogens with zero attached hydrogens (tertiary/aromatic N) is 4. The lowest BCUT2D eigenvalue weighted by Gasteiger charge is -2.34. The number of anilines is 1. The standard InChI is InChI=1S/C11H15ClN4O3/c1-6-9(16(18)19)10(14-11(12)13-6)15(2)5-7-3-8(17)4-7/h7-8,17H,3-5H2,1-2H3. The van der Waals surface area contributed by atoms with Gasteiger partial charge in [-0.05, 0) is 37.3 Å². The van der Waals surface area contributed by atoms with E-state index in [1.165, 1.54) is 6.92 Å². The van der Waals surface area contributed by atoms with Crippen LogP contribution in [0, 0.1) is 23.0 Å². The lowest BCUT2D eigenvalue weighted by molar-refractivity contribution is -0.385. The minimum absolute atomic E-state index is 0.00130. The van der Waals surface area contributed by atoms with Crippen LogP contribution >= 0.6 is 11.6 Å². The van der Waals surface area contributed by atoms with Crippen molar-refractivity contribution in [2.75, 3.05) is 18.5 Å². The molecule has 104 valence electrons. The van der Waals surface area contributed by atoms with E-state index < -0.39 is 4.92 Å².